The number of nitrogens with zero attached hydrogens (tertiary/aromatic N) is 2. The number of hydrogen-bond donors (Lipinski definition) is 1. The quantitative estimate of drug-likeness (QED) is 0.625. The van der Waals surface area contributed by atoms with Crippen LogP contribution in [0.15, 0.2) is 54.6 Å². The van der Waals surface area contributed by atoms with E-state index in [0.717, 1.165) is 28.2 Å². The predicted octanol–water partition coefficient (Wildman–Crippen LogP) is 4.31. The molecule has 0 bridgehead atoms. The van der Waals surface area contributed by atoms with Gasteiger partial charge in [-0.1, -0.05) is 59.4 Å². The van der Waals surface area contributed by atoms with E-state index in [0.29, 0.717) is 22.2 Å². The Kier molecular flexibility index (Phi) is 5.46. The molecule has 7 heteroatoms. The average Bonchev–Trinajstić information content (AvgIpc) is 3.33. The van der Waals surface area contributed by atoms with Crippen LogP contribution in [0.25, 0.3) is 11.3 Å². The summed E-state index contributed by atoms with van der Waals surface area (Å²) in [6.45, 7) is 3.80. The highest BCUT2D eigenvalue weighted by Gasteiger charge is 2.35. The van der Waals surface area contributed by atoms with E-state index in [1.54, 1.807) is 4.90 Å². The Morgan fingerprint density at radius 3 is 2.47 bits per heavy atom. The number of Topliss-reactive ketones (excluding diaryl/α,β-unsaturated/α-hetero) is 1. The SMILES string of the molecule is CC(=O)c1sc(NC(=O)C2CC(=O)N(c3ccc(C)cc3)C2)nc1-c1ccccc1. The molecule has 0 spiro atoms. The van der Waals surface area contributed by atoms with Crippen LogP contribution < -0.4 is 10.2 Å². The topological polar surface area (TPSA) is 79.4 Å². The molecule has 3 aromatic rings. The fraction of sp³-hybridized carbons (Fsp3) is 0.217. The molecule has 4 rings (SSSR count). The zero-order valence-electron chi connectivity index (χ0n) is 16.7. The van der Waals surface area contributed by atoms with Crippen molar-refractivity contribution >= 4 is 39.8 Å². The van der Waals surface area contributed by atoms with Crippen LogP contribution in [0.5, 0.6) is 0 Å². The molecule has 152 valence electrons. The lowest BCUT2D eigenvalue weighted by atomic mass is 10.1. The first kappa shape index (κ1) is 20.0. The van der Waals surface area contributed by atoms with Crippen molar-refractivity contribution < 1.29 is 14.4 Å². The maximum Gasteiger partial charge on any atom is 0.231 e. The van der Waals surface area contributed by atoms with E-state index in [-0.39, 0.29) is 24.0 Å². The lowest BCUT2D eigenvalue weighted by molar-refractivity contribution is -0.122. The molecule has 1 aliphatic rings. The minimum atomic E-state index is -0.469. The number of carbonyl (C=O) groups is 3. The van der Waals surface area contributed by atoms with Gasteiger partial charge >= 0.3 is 0 Å². The van der Waals surface area contributed by atoms with Crippen LogP contribution in [-0.4, -0.2) is 29.1 Å². The molecule has 1 atom stereocenters. The number of carbonyl (C=O) groups excluding carboxylic acids is 3. The molecule has 0 radical (unpaired) electrons. The molecule has 1 aliphatic heterocycles. The fourth-order valence-corrected chi connectivity index (χ4v) is 4.35. The molecule has 2 aromatic carbocycles. The zero-order chi connectivity index (χ0) is 21.3. The van der Waals surface area contributed by atoms with Crippen molar-refractivity contribution in [1.29, 1.82) is 0 Å². The molecule has 1 aromatic heterocycles. The van der Waals surface area contributed by atoms with Gasteiger partial charge in [0.05, 0.1) is 16.5 Å². The number of thiazole rings is 1. The molecule has 0 saturated carbocycles. The molecule has 1 saturated heterocycles. The van der Waals surface area contributed by atoms with Crippen LogP contribution in [0.2, 0.25) is 0 Å². The third-order valence-electron chi connectivity index (χ3n) is 5.07. The largest absolute Gasteiger partial charge is 0.312 e. The number of hydrogen-bond acceptors (Lipinski definition) is 5. The lowest BCUT2D eigenvalue weighted by Crippen LogP contribution is -2.28. The zero-order valence-corrected chi connectivity index (χ0v) is 17.5. The van der Waals surface area contributed by atoms with Gasteiger partial charge in [0.1, 0.15) is 0 Å². The average molecular weight is 420 g/mol. The summed E-state index contributed by atoms with van der Waals surface area (Å²) in [6, 6.07) is 17.1. The molecular formula is C23H21N3O3S. The van der Waals surface area contributed by atoms with Crippen molar-refractivity contribution in [2.45, 2.75) is 20.3 Å². The highest BCUT2D eigenvalue weighted by molar-refractivity contribution is 7.18. The summed E-state index contributed by atoms with van der Waals surface area (Å²) in [6.07, 6.45) is 0.149. The smallest absolute Gasteiger partial charge is 0.231 e. The Morgan fingerprint density at radius 2 is 1.80 bits per heavy atom. The second-order valence-electron chi connectivity index (χ2n) is 7.35. The minimum absolute atomic E-state index is 0.0764. The minimum Gasteiger partial charge on any atom is -0.312 e. The van der Waals surface area contributed by atoms with Crippen molar-refractivity contribution in [1.82, 2.24) is 4.98 Å². The van der Waals surface area contributed by atoms with E-state index < -0.39 is 5.92 Å². The number of anilines is 2. The first-order valence-corrected chi connectivity index (χ1v) is 10.5. The molecule has 1 unspecified atom stereocenters. The second-order valence-corrected chi connectivity index (χ2v) is 8.35. The van der Waals surface area contributed by atoms with Gasteiger partial charge in [-0.15, -0.1) is 0 Å². The summed E-state index contributed by atoms with van der Waals surface area (Å²) in [5.74, 6) is -0.911. The number of benzene rings is 2. The standard InChI is InChI=1S/C23H21N3O3S/c1-14-8-10-18(11-9-14)26-13-17(12-19(26)28)22(29)25-23-24-20(21(30-23)15(2)27)16-6-4-3-5-7-16/h3-11,17H,12-13H2,1-2H3,(H,24,25,29). The van der Waals surface area contributed by atoms with Gasteiger partial charge in [0.2, 0.25) is 11.8 Å². The predicted molar refractivity (Wildman–Crippen MR) is 118 cm³/mol. The summed E-state index contributed by atoms with van der Waals surface area (Å²) >= 11 is 1.16. The van der Waals surface area contributed by atoms with Gasteiger partial charge in [-0.2, -0.15) is 0 Å². The number of ketones is 1. The van der Waals surface area contributed by atoms with E-state index >= 15 is 0 Å². The number of amides is 2. The Labute approximate surface area is 178 Å². The Balaban J connectivity index is 1.51. The monoisotopic (exact) mass is 419 g/mol. The van der Waals surface area contributed by atoms with E-state index in [1.807, 2.05) is 61.5 Å². The third kappa shape index (κ3) is 4.02. The first-order valence-electron chi connectivity index (χ1n) is 9.67. The molecule has 2 heterocycles. The fourth-order valence-electron chi connectivity index (χ4n) is 3.47. The van der Waals surface area contributed by atoms with Crippen molar-refractivity contribution in [2.75, 3.05) is 16.8 Å². The maximum atomic E-state index is 12.8. The maximum absolute atomic E-state index is 12.8. The van der Waals surface area contributed by atoms with Gasteiger partial charge in [-0.25, -0.2) is 4.98 Å². The number of rotatable bonds is 5. The van der Waals surface area contributed by atoms with Gasteiger partial charge in [0.25, 0.3) is 0 Å². The Hall–Kier alpha value is -3.32. The number of aromatic nitrogens is 1. The first-order chi connectivity index (χ1) is 14.4. The highest BCUT2D eigenvalue weighted by Crippen LogP contribution is 2.32. The van der Waals surface area contributed by atoms with Gasteiger partial charge in [-0.3, -0.25) is 14.4 Å². The van der Waals surface area contributed by atoms with Crippen LogP contribution in [0.3, 0.4) is 0 Å². The highest BCUT2D eigenvalue weighted by atomic mass is 32.1. The lowest BCUT2D eigenvalue weighted by Gasteiger charge is -2.16. The molecule has 30 heavy (non-hydrogen) atoms. The molecule has 1 fully saturated rings. The van der Waals surface area contributed by atoms with Crippen molar-refractivity contribution in [3.8, 4) is 11.3 Å². The van der Waals surface area contributed by atoms with E-state index in [1.165, 1.54) is 6.92 Å². The summed E-state index contributed by atoms with van der Waals surface area (Å²) < 4.78 is 0. The van der Waals surface area contributed by atoms with E-state index in [2.05, 4.69) is 10.3 Å². The number of aryl methyl sites for hydroxylation is 1. The Bertz CT molecular complexity index is 1110. The molecule has 2 amide bonds. The van der Waals surface area contributed by atoms with Crippen LogP contribution in [0, 0.1) is 12.8 Å². The van der Waals surface area contributed by atoms with Crippen LogP contribution in [0.4, 0.5) is 10.8 Å². The van der Waals surface area contributed by atoms with Gasteiger partial charge < -0.3 is 10.2 Å². The van der Waals surface area contributed by atoms with Crippen molar-refractivity contribution in [3.05, 3.63) is 65.0 Å². The third-order valence-corrected chi connectivity index (χ3v) is 6.14. The van der Waals surface area contributed by atoms with Gasteiger partial charge in [-0.05, 0) is 19.1 Å². The van der Waals surface area contributed by atoms with Gasteiger partial charge in [0.15, 0.2) is 10.9 Å². The molecule has 0 aliphatic carbocycles. The molecule has 6 nitrogen and oxygen atoms in total. The summed E-state index contributed by atoms with van der Waals surface area (Å²) in [5, 5.41) is 3.17. The molecule has 1 N–H and O–H groups in total. The van der Waals surface area contributed by atoms with E-state index in [4.69, 9.17) is 0 Å². The Morgan fingerprint density at radius 1 is 1.10 bits per heavy atom. The van der Waals surface area contributed by atoms with Crippen LogP contribution >= 0.6 is 11.3 Å². The summed E-state index contributed by atoms with van der Waals surface area (Å²) in [4.78, 5) is 44.0. The van der Waals surface area contributed by atoms with Gasteiger partial charge in [0, 0.05) is 31.1 Å². The number of nitrogens with one attached hydrogen (secondary N) is 1. The summed E-state index contributed by atoms with van der Waals surface area (Å²) in [7, 11) is 0. The van der Waals surface area contributed by atoms with Crippen LogP contribution in [0.1, 0.15) is 28.6 Å². The normalized spacial score (nSPS) is 16.0. The second kappa shape index (κ2) is 8.20. The molecular weight excluding hydrogens is 398 g/mol. The van der Waals surface area contributed by atoms with Crippen molar-refractivity contribution in [2.24, 2.45) is 5.92 Å². The summed E-state index contributed by atoms with van der Waals surface area (Å²) in [5.41, 5.74) is 3.28. The van der Waals surface area contributed by atoms with E-state index in [9.17, 15) is 14.4 Å². The van der Waals surface area contributed by atoms with Crippen LogP contribution in [-0.2, 0) is 9.59 Å². The van der Waals surface area contributed by atoms with Crippen molar-refractivity contribution in [3.63, 3.8) is 0 Å².